The van der Waals surface area contributed by atoms with Gasteiger partial charge in [-0.25, -0.2) is 4.79 Å². The summed E-state index contributed by atoms with van der Waals surface area (Å²) in [7, 11) is 0. The first kappa shape index (κ1) is 26.7. The van der Waals surface area contributed by atoms with Crippen molar-refractivity contribution < 1.29 is 14.3 Å². The van der Waals surface area contributed by atoms with Gasteiger partial charge in [-0.05, 0) is 32.8 Å². The SMILES string of the molecule is CCCCCCCCCC=CC=CC=CC=CC=CC=C(OCC)C(=O)OCC. The van der Waals surface area contributed by atoms with Crippen molar-refractivity contribution in [2.75, 3.05) is 13.2 Å². The molecular weight excluding hydrogens is 360 g/mol. The van der Waals surface area contributed by atoms with Crippen molar-refractivity contribution in [2.45, 2.75) is 72.1 Å². The van der Waals surface area contributed by atoms with E-state index in [0.29, 0.717) is 13.2 Å². The Balaban J connectivity index is 3.96. The van der Waals surface area contributed by atoms with Crippen LogP contribution in [0.4, 0.5) is 0 Å². The van der Waals surface area contributed by atoms with Gasteiger partial charge in [-0.15, -0.1) is 0 Å². The molecule has 0 atom stereocenters. The van der Waals surface area contributed by atoms with Gasteiger partial charge in [0.05, 0.1) is 13.2 Å². The zero-order valence-electron chi connectivity index (χ0n) is 18.6. The summed E-state index contributed by atoms with van der Waals surface area (Å²) in [5, 5.41) is 0. The molecule has 0 amide bonds. The molecule has 0 aromatic carbocycles. The van der Waals surface area contributed by atoms with Gasteiger partial charge in [0.15, 0.2) is 0 Å². The van der Waals surface area contributed by atoms with Crippen LogP contribution in [-0.4, -0.2) is 19.2 Å². The summed E-state index contributed by atoms with van der Waals surface area (Å²) in [6.07, 6.45) is 32.1. The molecule has 0 aromatic rings. The van der Waals surface area contributed by atoms with Gasteiger partial charge in [0.2, 0.25) is 5.76 Å². The van der Waals surface area contributed by atoms with Gasteiger partial charge in [0.25, 0.3) is 0 Å². The average Bonchev–Trinajstić information content (AvgIpc) is 2.72. The van der Waals surface area contributed by atoms with Crippen LogP contribution in [-0.2, 0) is 14.3 Å². The summed E-state index contributed by atoms with van der Waals surface area (Å²) < 4.78 is 10.2. The molecule has 0 saturated carbocycles. The van der Waals surface area contributed by atoms with Crippen molar-refractivity contribution in [1.82, 2.24) is 0 Å². The van der Waals surface area contributed by atoms with E-state index in [1.165, 1.54) is 44.9 Å². The van der Waals surface area contributed by atoms with Crippen molar-refractivity contribution in [2.24, 2.45) is 0 Å². The van der Waals surface area contributed by atoms with Crippen LogP contribution in [0, 0.1) is 0 Å². The number of carbonyl (C=O) groups is 1. The third kappa shape index (κ3) is 18.8. The molecule has 0 bridgehead atoms. The number of unbranched alkanes of at least 4 members (excludes halogenated alkanes) is 7. The minimum atomic E-state index is -0.437. The molecule has 3 nitrogen and oxygen atoms in total. The van der Waals surface area contributed by atoms with Crippen LogP contribution in [0.5, 0.6) is 0 Å². The van der Waals surface area contributed by atoms with Crippen molar-refractivity contribution >= 4 is 5.97 Å². The summed E-state index contributed by atoms with van der Waals surface area (Å²) in [6, 6.07) is 0. The zero-order chi connectivity index (χ0) is 21.4. The van der Waals surface area contributed by atoms with Crippen LogP contribution in [0.25, 0.3) is 0 Å². The van der Waals surface area contributed by atoms with E-state index in [4.69, 9.17) is 9.47 Å². The summed E-state index contributed by atoms with van der Waals surface area (Å²) in [5.74, 6) is -0.214. The minimum Gasteiger partial charge on any atom is -0.487 e. The first-order valence-electron chi connectivity index (χ1n) is 11.1. The molecule has 0 radical (unpaired) electrons. The van der Waals surface area contributed by atoms with Crippen molar-refractivity contribution in [3.05, 3.63) is 72.6 Å². The first-order chi connectivity index (χ1) is 14.3. The van der Waals surface area contributed by atoms with Gasteiger partial charge in [0, 0.05) is 0 Å². The third-order valence-corrected chi connectivity index (χ3v) is 4.02. The first-order valence-corrected chi connectivity index (χ1v) is 11.1. The standard InChI is InChI=1S/C26H40O3/c1-4-7-8-9-10-11-12-13-14-15-16-17-18-19-20-21-22-23-24-25(28-5-2)26(27)29-6-3/h14-24H,4-13H2,1-3H3. The molecule has 29 heavy (non-hydrogen) atoms. The molecule has 0 saturated heterocycles. The largest absolute Gasteiger partial charge is 0.487 e. The zero-order valence-corrected chi connectivity index (χ0v) is 18.6. The molecule has 0 aliphatic carbocycles. The normalized spacial score (nSPS) is 13.0. The van der Waals surface area contributed by atoms with Gasteiger partial charge in [-0.2, -0.15) is 0 Å². The molecular formula is C26H40O3. The van der Waals surface area contributed by atoms with Gasteiger partial charge in [-0.3, -0.25) is 0 Å². The molecule has 0 fully saturated rings. The van der Waals surface area contributed by atoms with Gasteiger partial charge < -0.3 is 9.47 Å². The lowest BCUT2D eigenvalue weighted by atomic mass is 10.1. The topological polar surface area (TPSA) is 35.5 Å². The van der Waals surface area contributed by atoms with Crippen LogP contribution < -0.4 is 0 Å². The predicted octanol–water partition coefficient (Wildman–Crippen LogP) is 7.39. The van der Waals surface area contributed by atoms with Gasteiger partial charge in [-0.1, -0.05) is 106 Å². The summed E-state index contributed by atoms with van der Waals surface area (Å²) in [5.41, 5.74) is 0. The van der Waals surface area contributed by atoms with E-state index in [2.05, 4.69) is 25.2 Å². The highest BCUT2D eigenvalue weighted by Crippen LogP contribution is 2.08. The molecule has 0 aromatic heterocycles. The second kappa shape index (κ2) is 22.0. The molecule has 0 N–H and O–H groups in total. The molecule has 0 aliphatic heterocycles. The molecule has 0 heterocycles. The Bertz CT molecular complexity index is 563. The van der Waals surface area contributed by atoms with Crippen molar-refractivity contribution in [1.29, 1.82) is 0 Å². The summed E-state index contributed by atoms with van der Waals surface area (Å²) >= 11 is 0. The molecule has 0 unspecified atom stereocenters. The van der Waals surface area contributed by atoms with Crippen LogP contribution in [0.15, 0.2) is 72.6 Å². The maximum Gasteiger partial charge on any atom is 0.373 e. The Morgan fingerprint density at radius 3 is 1.72 bits per heavy atom. The van der Waals surface area contributed by atoms with E-state index >= 15 is 0 Å². The number of allylic oxidation sites excluding steroid dienone is 11. The van der Waals surface area contributed by atoms with E-state index in [-0.39, 0.29) is 5.76 Å². The number of hydrogen-bond donors (Lipinski definition) is 0. The highest BCUT2D eigenvalue weighted by Gasteiger charge is 2.09. The van der Waals surface area contributed by atoms with E-state index in [0.717, 1.165) is 6.42 Å². The molecule has 0 rings (SSSR count). The number of rotatable bonds is 17. The Morgan fingerprint density at radius 2 is 1.14 bits per heavy atom. The van der Waals surface area contributed by atoms with Gasteiger partial charge in [0.1, 0.15) is 0 Å². The lowest BCUT2D eigenvalue weighted by molar-refractivity contribution is -0.142. The van der Waals surface area contributed by atoms with E-state index < -0.39 is 5.97 Å². The molecule has 0 spiro atoms. The number of carbonyl (C=O) groups excluding carboxylic acids is 1. The highest BCUT2D eigenvalue weighted by atomic mass is 16.6. The Morgan fingerprint density at radius 1 is 0.621 bits per heavy atom. The Labute approximate surface area is 178 Å². The monoisotopic (exact) mass is 400 g/mol. The lowest BCUT2D eigenvalue weighted by Crippen LogP contribution is -2.10. The van der Waals surface area contributed by atoms with Crippen molar-refractivity contribution in [3.63, 3.8) is 0 Å². The summed E-state index contributed by atoms with van der Waals surface area (Å²) in [6.45, 7) is 6.62. The number of hydrogen-bond acceptors (Lipinski definition) is 3. The van der Waals surface area contributed by atoms with E-state index in [1.54, 1.807) is 19.1 Å². The third-order valence-electron chi connectivity index (χ3n) is 4.02. The second-order valence-electron chi connectivity index (χ2n) is 6.56. The molecule has 3 heteroatoms. The van der Waals surface area contributed by atoms with Crippen LogP contribution in [0.3, 0.4) is 0 Å². The lowest BCUT2D eigenvalue weighted by Gasteiger charge is -2.06. The Kier molecular flexibility index (Phi) is 20.3. The molecule has 162 valence electrons. The van der Waals surface area contributed by atoms with Crippen molar-refractivity contribution in [3.8, 4) is 0 Å². The average molecular weight is 401 g/mol. The predicted molar refractivity (Wildman–Crippen MR) is 125 cm³/mol. The minimum absolute atomic E-state index is 0.223. The fourth-order valence-electron chi connectivity index (χ4n) is 2.52. The maximum atomic E-state index is 11.7. The highest BCUT2D eigenvalue weighted by molar-refractivity contribution is 5.86. The number of ether oxygens (including phenoxy) is 2. The quantitative estimate of drug-likeness (QED) is 0.0839. The van der Waals surface area contributed by atoms with Crippen LogP contribution >= 0.6 is 0 Å². The fraction of sp³-hybridized carbons (Fsp3) is 0.500. The van der Waals surface area contributed by atoms with E-state index in [9.17, 15) is 4.79 Å². The fourth-order valence-corrected chi connectivity index (χ4v) is 2.52. The van der Waals surface area contributed by atoms with Crippen LogP contribution in [0.1, 0.15) is 72.1 Å². The maximum absolute atomic E-state index is 11.7. The smallest absolute Gasteiger partial charge is 0.373 e. The van der Waals surface area contributed by atoms with Crippen LogP contribution in [0.2, 0.25) is 0 Å². The van der Waals surface area contributed by atoms with E-state index in [1.807, 2.05) is 43.4 Å². The summed E-state index contributed by atoms with van der Waals surface area (Å²) in [4.78, 5) is 11.7. The molecule has 0 aliphatic rings. The van der Waals surface area contributed by atoms with Gasteiger partial charge >= 0.3 is 5.97 Å². The Hall–Kier alpha value is -2.29. The second-order valence-corrected chi connectivity index (χ2v) is 6.56. The number of esters is 1.